The molecule has 18 heavy (non-hydrogen) atoms. The number of imidazole rings is 1. The number of aromatic amines is 1. The van der Waals surface area contributed by atoms with E-state index in [1.165, 1.54) is 12.8 Å². The Morgan fingerprint density at radius 3 is 3.06 bits per heavy atom. The first kappa shape index (κ1) is 12.0. The molecule has 1 aliphatic heterocycles. The zero-order chi connectivity index (χ0) is 12.5. The van der Waals surface area contributed by atoms with Crippen molar-refractivity contribution in [1.82, 2.24) is 14.9 Å². The standard InChI is InChI=1S/C13H16BrN3O/c14-10-5-3-6-11-12(10)16-13(18)17(11)8-9-4-1-2-7-15-9/h3,5-6,9,15H,1-2,4,7-8H2,(H,16,18). The average molecular weight is 310 g/mol. The van der Waals surface area contributed by atoms with Gasteiger partial charge < -0.3 is 10.3 Å². The fourth-order valence-electron chi connectivity index (χ4n) is 2.63. The van der Waals surface area contributed by atoms with Gasteiger partial charge in [0.2, 0.25) is 0 Å². The second kappa shape index (κ2) is 4.90. The van der Waals surface area contributed by atoms with Crippen LogP contribution in [-0.2, 0) is 6.54 Å². The van der Waals surface area contributed by atoms with Crippen molar-refractivity contribution in [3.05, 3.63) is 33.2 Å². The van der Waals surface area contributed by atoms with Crippen molar-refractivity contribution in [3.63, 3.8) is 0 Å². The molecule has 2 heterocycles. The number of hydrogen-bond acceptors (Lipinski definition) is 2. The highest BCUT2D eigenvalue weighted by Gasteiger charge is 2.16. The highest BCUT2D eigenvalue weighted by Crippen LogP contribution is 2.21. The Morgan fingerprint density at radius 1 is 1.39 bits per heavy atom. The molecule has 1 unspecified atom stereocenters. The van der Waals surface area contributed by atoms with Gasteiger partial charge >= 0.3 is 5.69 Å². The Kier molecular flexibility index (Phi) is 3.26. The molecule has 3 rings (SSSR count). The van der Waals surface area contributed by atoms with Crippen LogP contribution in [0.15, 0.2) is 27.5 Å². The number of H-pyrrole nitrogens is 1. The minimum Gasteiger partial charge on any atom is -0.312 e. The van der Waals surface area contributed by atoms with Crippen molar-refractivity contribution in [2.75, 3.05) is 6.54 Å². The molecule has 0 spiro atoms. The van der Waals surface area contributed by atoms with E-state index in [4.69, 9.17) is 0 Å². The van der Waals surface area contributed by atoms with Gasteiger partial charge in [-0.05, 0) is 47.4 Å². The zero-order valence-corrected chi connectivity index (χ0v) is 11.7. The highest BCUT2D eigenvalue weighted by atomic mass is 79.9. The molecule has 1 fully saturated rings. The van der Waals surface area contributed by atoms with Crippen LogP contribution in [0.2, 0.25) is 0 Å². The van der Waals surface area contributed by atoms with Crippen molar-refractivity contribution in [3.8, 4) is 0 Å². The fourth-order valence-corrected chi connectivity index (χ4v) is 3.08. The molecule has 96 valence electrons. The van der Waals surface area contributed by atoms with E-state index < -0.39 is 0 Å². The van der Waals surface area contributed by atoms with Crippen LogP contribution in [0.25, 0.3) is 11.0 Å². The highest BCUT2D eigenvalue weighted by molar-refractivity contribution is 9.10. The Hall–Kier alpha value is -1.07. The predicted molar refractivity (Wildman–Crippen MR) is 75.9 cm³/mol. The lowest BCUT2D eigenvalue weighted by Crippen LogP contribution is -2.39. The molecule has 0 amide bonds. The van der Waals surface area contributed by atoms with Crippen molar-refractivity contribution < 1.29 is 0 Å². The third-order valence-electron chi connectivity index (χ3n) is 3.57. The lowest BCUT2D eigenvalue weighted by molar-refractivity contribution is 0.363. The summed E-state index contributed by atoms with van der Waals surface area (Å²) < 4.78 is 2.77. The number of piperidine rings is 1. The molecule has 1 atom stereocenters. The van der Waals surface area contributed by atoms with E-state index in [9.17, 15) is 4.79 Å². The van der Waals surface area contributed by atoms with E-state index in [0.29, 0.717) is 6.04 Å². The quantitative estimate of drug-likeness (QED) is 0.894. The van der Waals surface area contributed by atoms with Crippen LogP contribution in [0.3, 0.4) is 0 Å². The van der Waals surface area contributed by atoms with Crippen molar-refractivity contribution in [2.24, 2.45) is 0 Å². The summed E-state index contributed by atoms with van der Waals surface area (Å²) in [5.74, 6) is 0. The topological polar surface area (TPSA) is 49.8 Å². The largest absolute Gasteiger partial charge is 0.326 e. The normalized spacial score (nSPS) is 20.4. The molecule has 2 N–H and O–H groups in total. The van der Waals surface area contributed by atoms with Gasteiger partial charge in [-0.1, -0.05) is 12.5 Å². The third kappa shape index (κ3) is 2.12. The van der Waals surface area contributed by atoms with Gasteiger partial charge in [0.05, 0.1) is 11.0 Å². The van der Waals surface area contributed by atoms with Gasteiger partial charge in [-0.15, -0.1) is 0 Å². The minimum atomic E-state index is -0.0238. The molecule has 0 aliphatic carbocycles. The Bertz CT molecular complexity index is 610. The van der Waals surface area contributed by atoms with Gasteiger partial charge in [0.25, 0.3) is 0 Å². The van der Waals surface area contributed by atoms with Gasteiger partial charge in [-0.2, -0.15) is 0 Å². The third-order valence-corrected chi connectivity index (χ3v) is 4.24. The molecule has 5 heteroatoms. The van der Waals surface area contributed by atoms with Crippen molar-refractivity contribution in [2.45, 2.75) is 31.8 Å². The van der Waals surface area contributed by atoms with E-state index in [2.05, 4.69) is 26.2 Å². The van der Waals surface area contributed by atoms with Crippen LogP contribution < -0.4 is 11.0 Å². The van der Waals surface area contributed by atoms with Gasteiger partial charge in [-0.25, -0.2) is 4.79 Å². The first-order chi connectivity index (χ1) is 8.75. The molecular weight excluding hydrogens is 294 g/mol. The maximum Gasteiger partial charge on any atom is 0.326 e. The minimum absolute atomic E-state index is 0.0238. The molecular formula is C13H16BrN3O. The van der Waals surface area contributed by atoms with Gasteiger partial charge in [0.1, 0.15) is 0 Å². The summed E-state index contributed by atoms with van der Waals surface area (Å²) in [6.45, 7) is 1.81. The van der Waals surface area contributed by atoms with Gasteiger partial charge in [-0.3, -0.25) is 4.57 Å². The van der Waals surface area contributed by atoms with E-state index >= 15 is 0 Å². The maximum absolute atomic E-state index is 12.0. The Balaban J connectivity index is 1.98. The summed E-state index contributed by atoms with van der Waals surface area (Å²) in [6.07, 6.45) is 3.64. The molecule has 1 aromatic heterocycles. The van der Waals surface area contributed by atoms with E-state index in [0.717, 1.165) is 35.0 Å². The number of nitrogens with one attached hydrogen (secondary N) is 2. The van der Waals surface area contributed by atoms with Gasteiger partial charge in [0.15, 0.2) is 0 Å². The van der Waals surface area contributed by atoms with Crippen molar-refractivity contribution in [1.29, 1.82) is 0 Å². The molecule has 0 radical (unpaired) electrons. The van der Waals surface area contributed by atoms with Crippen LogP contribution in [0.1, 0.15) is 19.3 Å². The summed E-state index contributed by atoms with van der Waals surface area (Å²) in [7, 11) is 0. The molecule has 1 aromatic carbocycles. The first-order valence-electron chi connectivity index (χ1n) is 6.36. The molecule has 2 aromatic rings. The van der Waals surface area contributed by atoms with Crippen LogP contribution in [0.4, 0.5) is 0 Å². The van der Waals surface area contributed by atoms with Crippen LogP contribution >= 0.6 is 15.9 Å². The zero-order valence-electron chi connectivity index (χ0n) is 10.1. The summed E-state index contributed by atoms with van der Waals surface area (Å²) in [6, 6.07) is 6.31. The molecule has 0 bridgehead atoms. The SMILES string of the molecule is O=c1[nH]c2c(Br)cccc2n1CC1CCCCN1. The lowest BCUT2D eigenvalue weighted by Gasteiger charge is -2.23. The molecule has 4 nitrogen and oxygen atoms in total. The monoisotopic (exact) mass is 309 g/mol. The number of nitrogens with zero attached hydrogens (tertiary/aromatic N) is 1. The Morgan fingerprint density at radius 2 is 2.28 bits per heavy atom. The number of hydrogen-bond donors (Lipinski definition) is 2. The van der Waals surface area contributed by atoms with Crippen LogP contribution in [0.5, 0.6) is 0 Å². The summed E-state index contributed by atoms with van der Waals surface area (Å²) in [4.78, 5) is 14.9. The number of benzene rings is 1. The number of para-hydroxylation sites is 1. The second-order valence-electron chi connectivity index (χ2n) is 4.82. The average Bonchev–Trinajstić information content (AvgIpc) is 2.70. The van der Waals surface area contributed by atoms with Crippen LogP contribution in [-0.4, -0.2) is 22.1 Å². The van der Waals surface area contributed by atoms with E-state index in [-0.39, 0.29) is 5.69 Å². The molecule has 1 aliphatic rings. The fraction of sp³-hybridized carbons (Fsp3) is 0.462. The summed E-state index contributed by atoms with van der Waals surface area (Å²) >= 11 is 3.47. The van der Waals surface area contributed by atoms with Crippen molar-refractivity contribution >= 4 is 27.0 Å². The summed E-state index contributed by atoms with van der Waals surface area (Å²) in [5, 5.41) is 3.48. The van der Waals surface area contributed by atoms with Gasteiger partial charge in [0, 0.05) is 17.1 Å². The van der Waals surface area contributed by atoms with E-state index in [1.807, 2.05) is 22.8 Å². The number of fused-ring (bicyclic) bond motifs is 1. The second-order valence-corrected chi connectivity index (χ2v) is 5.68. The Labute approximate surface area is 114 Å². The first-order valence-corrected chi connectivity index (χ1v) is 7.15. The number of aromatic nitrogens is 2. The van der Waals surface area contributed by atoms with E-state index in [1.54, 1.807) is 0 Å². The smallest absolute Gasteiger partial charge is 0.312 e. The lowest BCUT2D eigenvalue weighted by atomic mass is 10.1. The summed E-state index contributed by atoms with van der Waals surface area (Å²) in [5.41, 5.74) is 1.84. The predicted octanol–water partition coefficient (Wildman–Crippen LogP) is 2.23. The maximum atomic E-state index is 12.0. The number of rotatable bonds is 2. The molecule has 1 saturated heterocycles. The number of halogens is 1. The molecule has 0 saturated carbocycles. The van der Waals surface area contributed by atoms with Crippen LogP contribution in [0, 0.1) is 0 Å².